The Morgan fingerprint density at radius 1 is 1.19 bits per heavy atom. The van der Waals surface area contributed by atoms with E-state index in [-0.39, 0.29) is 36.5 Å². The van der Waals surface area contributed by atoms with Gasteiger partial charge in [0.05, 0.1) is 0 Å². The van der Waals surface area contributed by atoms with Crippen LogP contribution in [0.4, 0.5) is 0 Å². The lowest BCUT2D eigenvalue weighted by Crippen LogP contribution is -2.56. The monoisotopic (exact) mass is 362 g/mol. The van der Waals surface area contributed by atoms with Crippen LogP contribution in [-0.4, -0.2) is 46.8 Å². The smallest absolute Gasteiger partial charge is 0.251 e. The molecule has 2 rings (SSSR count). The molecule has 1 amide bonds. The molecule has 0 radical (unpaired) electrons. The van der Waals surface area contributed by atoms with Crippen molar-refractivity contribution in [2.75, 3.05) is 6.54 Å². The number of piperidine rings is 1. The van der Waals surface area contributed by atoms with E-state index in [1.165, 1.54) is 6.92 Å². The lowest BCUT2D eigenvalue weighted by molar-refractivity contribution is -0.140. The van der Waals surface area contributed by atoms with Crippen LogP contribution in [0.5, 0.6) is 0 Å². The summed E-state index contributed by atoms with van der Waals surface area (Å²) >= 11 is 0. The number of hydrogen-bond donors (Lipinski definition) is 3. The van der Waals surface area contributed by atoms with Gasteiger partial charge in [-0.2, -0.15) is 0 Å². The molecule has 0 aromatic rings. The Morgan fingerprint density at radius 2 is 1.81 bits per heavy atom. The Labute approximate surface area is 155 Å². The maximum atomic E-state index is 12.5. The van der Waals surface area contributed by atoms with Crippen LogP contribution in [0.3, 0.4) is 0 Å². The van der Waals surface area contributed by atoms with Crippen LogP contribution < -0.4 is 10.6 Å². The molecule has 3 atom stereocenters. The van der Waals surface area contributed by atoms with Crippen molar-refractivity contribution in [2.45, 2.75) is 78.0 Å². The van der Waals surface area contributed by atoms with Crippen molar-refractivity contribution in [3.05, 3.63) is 22.3 Å². The van der Waals surface area contributed by atoms with Crippen molar-refractivity contribution in [1.82, 2.24) is 10.6 Å². The van der Waals surface area contributed by atoms with Crippen LogP contribution in [0.25, 0.3) is 0 Å². The van der Waals surface area contributed by atoms with E-state index in [9.17, 15) is 19.5 Å². The molecule has 0 unspecified atom stereocenters. The minimum absolute atomic E-state index is 0.0191. The molecular weight excluding hydrogens is 332 g/mol. The summed E-state index contributed by atoms with van der Waals surface area (Å²) in [4.78, 5) is 37.2. The largest absolute Gasteiger partial charge is 0.380 e. The van der Waals surface area contributed by atoms with E-state index in [2.05, 4.69) is 10.6 Å². The molecule has 144 valence electrons. The lowest BCUT2D eigenvalue weighted by Gasteiger charge is -2.33. The summed E-state index contributed by atoms with van der Waals surface area (Å²) < 4.78 is 0. The van der Waals surface area contributed by atoms with E-state index >= 15 is 0 Å². The molecule has 0 aromatic heterocycles. The molecule has 1 fully saturated rings. The molecule has 6 nitrogen and oxygen atoms in total. The topological polar surface area (TPSA) is 95.5 Å². The molecule has 1 heterocycles. The number of rotatable bonds is 5. The maximum absolute atomic E-state index is 12.5. The summed E-state index contributed by atoms with van der Waals surface area (Å²) in [6.45, 7) is 9.33. The number of carbonyl (C=O) groups excluding carboxylic acids is 3. The van der Waals surface area contributed by atoms with Crippen LogP contribution in [0, 0.1) is 0 Å². The maximum Gasteiger partial charge on any atom is 0.251 e. The highest BCUT2D eigenvalue weighted by Gasteiger charge is 2.35. The van der Waals surface area contributed by atoms with Gasteiger partial charge in [-0.05, 0) is 66.8 Å². The highest BCUT2D eigenvalue weighted by molar-refractivity contribution is 6.24. The molecule has 0 aromatic carbocycles. The normalized spacial score (nSPS) is 26.8. The van der Waals surface area contributed by atoms with E-state index in [1.807, 2.05) is 6.92 Å². The fraction of sp³-hybridized carbons (Fsp3) is 0.650. The molecule has 1 saturated heterocycles. The van der Waals surface area contributed by atoms with Crippen molar-refractivity contribution in [3.63, 3.8) is 0 Å². The van der Waals surface area contributed by atoms with E-state index < -0.39 is 11.5 Å². The zero-order valence-corrected chi connectivity index (χ0v) is 16.4. The fourth-order valence-corrected chi connectivity index (χ4v) is 3.50. The molecule has 3 N–H and O–H groups in total. The number of carbonyl (C=O) groups is 3. The van der Waals surface area contributed by atoms with Gasteiger partial charge in [0.1, 0.15) is 5.60 Å². The Bertz CT molecular complexity index is 688. The number of Topliss-reactive ketones (excluding diaryl/α,β-unsaturated/α-hetero) is 2. The zero-order valence-electron chi connectivity index (χ0n) is 16.4. The Balaban J connectivity index is 2.04. The summed E-state index contributed by atoms with van der Waals surface area (Å²) in [5.74, 6) is -0.737. The van der Waals surface area contributed by atoms with Gasteiger partial charge in [-0.3, -0.25) is 14.4 Å². The Kier molecular flexibility index (Phi) is 6.19. The summed E-state index contributed by atoms with van der Waals surface area (Å²) in [7, 11) is 0. The first-order valence-electron chi connectivity index (χ1n) is 9.29. The molecule has 26 heavy (non-hydrogen) atoms. The number of aliphatic hydroxyl groups is 1. The van der Waals surface area contributed by atoms with Gasteiger partial charge in [0.15, 0.2) is 11.6 Å². The zero-order chi connectivity index (χ0) is 19.6. The molecule has 2 aliphatic rings. The van der Waals surface area contributed by atoms with E-state index in [0.29, 0.717) is 22.3 Å². The van der Waals surface area contributed by atoms with Crippen LogP contribution in [0.15, 0.2) is 22.3 Å². The van der Waals surface area contributed by atoms with Gasteiger partial charge >= 0.3 is 0 Å². The van der Waals surface area contributed by atoms with Crippen LogP contribution in [-0.2, 0) is 14.4 Å². The fourth-order valence-electron chi connectivity index (χ4n) is 3.50. The molecule has 0 saturated carbocycles. The predicted octanol–water partition coefficient (Wildman–Crippen LogP) is 1.58. The standard InChI is InChI=1S/C20H30N2O4/c1-11-12(2)18(24)15(13(3)17(11)23)8-9-20(5,26)19(25)22-16-7-6-10-21-14(16)4/h14,16,21,26H,6-10H2,1-5H3,(H,22,25)/t14-,16-,20+/m1/s1. The minimum Gasteiger partial charge on any atom is -0.380 e. The van der Waals surface area contributed by atoms with Crippen molar-refractivity contribution in [1.29, 1.82) is 0 Å². The van der Waals surface area contributed by atoms with E-state index in [0.717, 1.165) is 19.4 Å². The Morgan fingerprint density at radius 3 is 2.42 bits per heavy atom. The van der Waals surface area contributed by atoms with Crippen molar-refractivity contribution in [2.24, 2.45) is 0 Å². The number of allylic oxidation sites excluding steroid dienone is 4. The SMILES string of the molecule is CC1=C(C)C(=O)C(CC[C@](C)(O)C(=O)N[C@@H]2CCCN[C@@H]2C)=C(C)C1=O. The van der Waals surface area contributed by atoms with Gasteiger partial charge in [0, 0.05) is 34.4 Å². The number of hydrogen-bond acceptors (Lipinski definition) is 5. The van der Waals surface area contributed by atoms with Gasteiger partial charge in [0.25, 0.3) is 5.91 Å². The van der Waals surface area contributed by atoms with Crippen LogP contribution >= 0.6 is 0 Å². The van der Waals surface area contributed by atoms with Gasteiger partial charge in [0.2, 0.25) is 0 Å². The van der Waals surface area contributed by atoms with E-state index in [4.69, 9.17) is 0 Å². The van der Waals surface area contributed by atoms with Crippen molar-refractivity contribution in [3.8, 4) is 0 Å². The summed E-state index contributed by atoms with van der Waals surface area (Å²) in [5, 5.41) is 16.8. The molecule has 0 bridgehead atoms. The third-order valence-electron chi connectivity index (χ3n) is 5.74. The van der Waals surface area contributed by atoms with Crippen molar-refractivity contribution < 1.29 is 19.5 Å². The molecule has 1 aliphatic carbocycles. The predicted molar refractivity (Wildman–Crippen MR) is 99.6 cm³/mol. The highest BCUT2D eigenvalue weighted by atomic mass is 16.3. The van der Waals surface area contributed by atoms with Crippen molar-refractivity contribution >= 4 is 17.5 Å². The summed E-state index contributed by atoms with van der Waals surface area (Å²) in [6.07, 6.45) is 2.13. The van der Waals surface area contributed by atoms with Gasteiger partial charge in [-0.1, -0.05) is 0 Å². The van der Waals surface area contributed by atoms with Gasteiger partial charge in [-0.15, -0.1) is 0 Å². The summed E-state index contributed by atoms with van der Waals surface area (Å²) in [6, 6.07) is 0.135. The number of amides is 1. The second-order valence-corrected chi connectivity index (χ2v) is 7.75. The molecule has 6 heteroatoms. The number of nitrogens with one attached hydrogen (secondary N) is 2. The molecule has 0 spiro atoms. The first-order valence-corrected chi connectivity index (χ1v) is 9.29. The average molecular weight is 362 g/mol. The third-order valence-corrected chi connectivity index (χ3v) is 5.74. The van der Waals surface area contributed by atoms with E-state index in [1.54, 1.807) is 20.8 Å². The van der Waals surface area contributed by atoms with Gasteiger partial charge in [-0.25, -0.2) is 0 Å². The second kappa shape index (κ2) is 7.84. The lowest BCUT2D eigenvalue weighted by atomic mass is 9.82. The molecule has 1 aliphatic heterocycles. The Hall–Kier alpha value is -1.79. The average Bonchev–Trinajstić information content (AvgIpc) is 2.60. The van der Waals surface area contributed by atoms with Crippen LogP contribution in [0.1, 0.15) is 60.3 Å². The van der Waals surface area contributed by atoms with Gasteiger partial charge < -0.3 is 15.7 Å². The quantitative estimate of drug-likeness (QED) is 0.646. The first kappa shape index (κ1) is 20.5. The summed E-state index contributed by atoms with van der Waals surface area (Å²) in [5.41, 5.74) is 0.136. The highest BCUT2D eigenvalue weighted by Crippen LogP contribution is 2.29. The molecular formula is C20H30N2O4. The first-order chi connectivity index (χ1) is 12.1. The second-order valence-electron chi connectivity index (χ2n) is 7.75. The number of ketones is 2. The minimum atomic E-state index is -1.60. The third kappa shape index (κ3) is 4.13. The van der Waals surface area contributed by atoms with Crippen LogP contribution in [0.2, 0.25) is 0 Å².